The molecule has 0 saturated heterocycles. The van der Waals surface area contributed by atoms with Gasteiger partial charge in [0.2, 0.25) is 5.91 Å². The van der Waals surface area contributed by atoms with Crippen LogP contribution in [0.15, 0.2) is 30.2 Å². The lowest BCUT2D eigenvalue weighted by molar-refractivity contribution is -0.114. The second kappa shape index (κ2) is 3.41. The maximum Gasteiger partial charge on any atom is 0.245 e. The van der Waals surface area contributed by atoms with Gasteiger partial charge in [-0.3, -0.25) is 4.79 Å². The number of nitrogens with two attached hydrogens (primary N) is 1. The third-order valence-electron chi connectivity index (χ3n) is 2.07. The number of primary amides is 1. The molecule has 70 valence electrons. The number of nitrogens with zero attached hydrogens (tertiary/aromatic N) is 2. The van der Waals surface area contributed by atoms with Crippen LogP contribution in [0.1, 0.15) is 11.3 Å². The number of hydrogen-bond acceptors (Lipinski definition) is 3. The van der Waals surface area contributed by atoms with Crippen molar-refractivity contribution in [1.82, 2.24) is 9.97 Å². The Labute approximate surface area is 81.2 Å². The molecule has 0 radical (unpaired) electrons. The normalized spacial score (nSPS) is 14.1. The van der Waals surface area contributed by atoms with E-state index in [0.29, 0.717) is 12.0 Å². The van der Waals surface area contributed by atoms with Gasteiger partial charge in [0.1, 0.15) is 6.33 Å². The first-order valence-electron chi connectivity index (χ1n) is 4.23. The summed E-state index contributed by atoms with van der Waals surface area (Å²) in [6, 6.07) is 0. The Balaban J connectivity index is 2.42. The first kappa shape index (κ1) is 8.62. The molecule has 0 atom stereocenters. The van der Waals surface area contributed by atoms with Crippen molar-refractivity contribution in [3.05, 3.63) is 41.5 Å². The number of hydrogen-bond donors (Lipinski definition) is 1. The Morgan fingerprint density at radius 1 is 1.50 bits per heavy atom. The first-order valence-corrected chi connectivity index (χ1v) is 4.23. The summed E-state index contributed by atoms with van der Waals surface area (Å²) in [6.45, 7) is 0. The molecule has 1 aromatic rings. The summed E-state index contributed by atoms with van der Waals surface area (Å²) in [5.41, 5.74) is 7.54. The van der Waals surface area contributed by atoms with E-state index in [0.717, 1.165) is 11.3 Å². The van der Waals surface area contributed by atoms with Crippen LogP contribution in [0.25, 0.3) is 6.08 Å². The molecule has 0 unspecified atom stereocenters. The van der Waals surface area contributed by atoms with Gasteiger partial charge in [-0.2, -0.15) is 0 Å². The molecule has 1 heterocycles. The number of fused-ring (bicyclic) bond motifs is 1. The summed E-state index contributed by atoms with van der Waals surface area (Å²) in [4.78, 5) is 19.0. The van der Waals surface area contributed by atoms with Crippen molar-refractivity contribution < 1.29 is 4.79 Å². The Bertz CT molecular complexity index is 435. The zero-order valence-electron chi connectivity index (χ0n) is 7.47. The van der Waals surface area contributed by atoms with Gasteiger partial charge in [0.15, 0.2) is 0 Å². The van der Waals surface area contributed by atoms with E-state index in [-0.39, 0.29) is 0 Å². The lowest BCUT2D eigenvalue weighted by Gasteiger charge is -2.02. The van der Waals surface area contributed by atoms with E-state index in [4.69, 9.17) is 5.73 Å². The van der Waals surface area contributed by atoms with Crippen LogP contribution in [-0.4, -0.2) is 15.9 Å². The van der Waals surface area contributed by atoms with Gasteiger partial charge in [-0.15, -0.1) is 0 Å². The molecular formula is C10H9N3O. The topological polar surface area (TPSA) is 68.9 Å². The van der Waals surface area contributed by atoms with Crippen LogP contribution in [0.2, 0.25) is 0 Å². The smallest absolute Gasteiger partial charge is 0.245 e. The van der Waals surface area contributed by atoms with Gasteiger partial charge in [-0.05, 0) is 0 Å². The number of carbonyl (C=O) groups excluding carboxylic acids is 1. The number of carbonyl (C=O) groups is 1. The zero-order chi connectivity index (χ0) is 9.97. The molecule has 4 nitrogen and oxygen atoms in total. The predicted octanol–water partition coefficient (Wildman–Crippen LogP) is 0.458. The average Bonchev–Trinajstić information content (AvgIpc) is 2.39. The van der Waals surface area contributed by atoms with Crippen molar-refractivity contribution in [1.29, 1.82) is 0 Å². The van der Waals surface area contributed by atoms with Crippen LogP contribution < -0.4 is 5.73 Å². The Morgan fingerprint density at radius 2 is 2.36 bits per heavy atom. The minimum atomic E-state index is -0.402. The molecule has 0 saturated carbocycles. The van der Waals surface area contributed by atoms with Gasteiger partial charge in [0.25, 0.3) is 0 Å². The molecule has 0 bridgehead atoms. The highest BCUT2D eigenvalue weighted by molar-refractivity contribution is 5.93. The summed E-state index contributed by atoms with van der Waals surface area (Å²) < 4.78 is 0. The van der Waals surface area contributed by atoms with Gasteiger partial charge in [0.05, 0.1) is 5.69 Å². The predicted molar refractivity (Wildman–Crippen MR) is 52.0 cm³/mol. The van der Waals surface area contributed by atoms with Crippen molar-refractivity contribution >= 4 is 12.0 Å². The average molecular weight is 187 g/mol. The van der Waals surface area contributed by atoms with E-state index in [1.54, 1.807) is 18.3 Å². The molecule has 1 aliphatic carbocycles. The fraction of sp³-hybridized carbons (Fsp3) is 0.100. The molecule has 2 rings (SSSR count). The van der Waals surface area contributed by atoms with E-state index in [9.17, 15) is 4.79 Å². The molecular weight excluding hydrogens is 178 g/mol. The van der Waals surface area contributed by atoms with Crippen molar-refractivity contribution in [2.75, 3.05) is 0 Å². The SMILES string of the molecule is NC(=O)C1=CC=Cc2cncnc2C1. The molecule has 0 spiro atoms. The molecule has 4 heteroatoms. The zero-order valence-corrected chi connectivity index (χ0v) is 7.47. The highest BCUT2D eigenvalue weighted by atomic mass is 16.1. The van der Waals surface area contributed by atoms with Crippen molar-refractivity contribution in [3.8, 4) is 0 Å². The number of rotatable bonds is 1. The van der Waals surface area contributed by atoms with E-state index in [1.807, 2.05) is 6.08 Å². The van der Waals surface area contributed by atoms with Crippen molar-refractivity contribution in [2.45, 2.75) is 6.42 Å². The molecule has 0 fully saturated rings. The van der Waals surface area contributed by atoms with Crippen molar-refractivity contribution in [2.24, 2.45) is 5.73 Å². The van der Waals surface area contributed by atoms with Crippen LogP contribution in [-0.2, 0) is 11.2 Å². The van der Waals surface area contributed by atoms with E-state index >= 15 is 0 Å². The number of allylic oxidation sites excluding steroid dienone is 2. The van der Waals surface area contributed by atoms with Gasteiger partial charge >= 0.3 is 0 Å². The lowest BCUT2D eigenvalue weighted by Crippen LogP contribution is -2.16. The number of aromatic nitrogens is 2. The molecule has 0 aliphatic heterocycles. The third-order valence-corrected chi connectivity index (χ3v) is 2.07. The minimum absolute atomic E-state index is 0.402. The van der Waals surface area contributed by atoms with Crippen LogP contribution in [0.3, 0.4) is 0 Å². The van der Waals surface area contributed by atoms with E-state index in [2.05, 4.69) is 9.97 Å². The number of amides is 1. The molecule has 1 aromatic heterocycles. The standard InChI is InChI=1S/C10H9N3O/c11-10(14)7-2-1-3-8-5-12-6-13-9(8)4-7/h1-3,5-6H,4H2,(H2,11,14). The fourth-order valence-electron chi connectivity index (χ4n) is 1.33. The maximum atomic E-state index is 11.0. The van der Waals surface area contributed by atoms with Crippen LogP contribution in [0.5, 0.6) is 0 Å². The third kappa shape index (κ3) is 1.54. The second-order valence-corrected chi connectivity index (χ2v) is 3.02. The van der Waals surface area contributed by atoms with E-state index in [1.165, 1.54) is 6.33 Å². The summed E-state index contributed by atoms with van der Waals surface area (Å²) >= 11 is 0. The molecule has 2 N–H and O–H groups in total. The minimum Gasteiger partial charge on any atom is -0.366 e. The highest BCUT2D eigenvalue weighted by Crippen LogP contribution is 2.15. The lowest BCUT2D eigenvalue weighted by atomic mass is 10.1. The molecule has 1 amide bonds. The summed E-state index contributed by atoms with van der Waals surface area (Å²) in [5.74, 6) is -0.402. The Hall–Kier alpha value is -1.97. The fourth-order valence-corrected chi connectivity index (χ4v) is 1.33. The summed E-state index contributed by atoms with van der Waals surface area (Å²) in [6.07, 6.45) is 9.03. The van der Waals surface area contributed by atoms with Crippen LogP contribution >= 0.6 is 0 Å². The maximum absolute atomic E-state index is 11.0. The van der Waals surface area contributed by atoms with Crippen LogP contribution in [0, 0.1) is 0 Å². The van der Waals surface area contributed by atoms with Crippen LogP contribution in [0.4, 0.5) is 0 Å². The van der Waals surface area contributed by atoms with E-state index < -0.39 is 5.91 Å². The summed E-state index contributed by atoms with van der Waals surface area (Å²) in [7, 11) is 0. The molecule has 14 heavy (non-hydrogen) atoms. The van der Waals surface area contributed by atoms with Gasteiger partial charge in [-0.25, -0.2) is 9.97 Å². The van der Waals surface area contributed by atoms with Gasteiger partial charge < -0.3 is 5.73 Å². The van der Waals surface area contributed by atoms with Crippen molar-refractivity contribution in [3.63, 3.8) is 0 Å². The Morgan fingerprint density at radius 3 is 3.14 bits per heavy atom. The molecule has 1 aliphatic rings. The first-order chi connectivity index (χ1) is 6.77. The quantitative estimate of drug-likeness (QED) is 0.694. The largest absolute Gasteiger partial charge is 0.366 e. The second-order valence-electron chi connectivity index (χ2n) is 3.02. The monoisotopic (exact) mass is 187 g/mol. The Kier molecular flexibility index (Phi) is 2.10. The van der Waals surface area contributed by atoms with Gasteiger partial charge in [0, 0.05) is 23.8 Å². The van der Waals surface area contributed by atoms with Gasteiger partial charge in [-0.1, -0.05) is 18.2 Å². The highest BCUT2D eigenvalue weighted by Gasteiger charge is 2.11. The molecule has 0 aromatic carbocycles. The summed E-state index contributed by atoms with van der Waals surface area (Å²) in [5, 5.41) is 0.